The SMILES string of the molecule is N#Cc1ccc(Cc2ccccc2S(=O)(=O)NC2CCCCNC2=O)c(F)c1. The average molecular weight is 401 g/mol. The largest absolute Gasteiger partial charge is 0.355 e. The van der Waals surface area contributed by atoms with Crippen LogP contribution >= 0.6 is 0 Å². The van der Waals surface area contributed by atoms with Gasteiger partial charge in [-0.15, -0.1) is 0 Å². The van der Waals surface area contributed by atoms with Gasteiger partial charge in [0.1, 0.15) is 11.9 Å². The topological polar surface area (TPSA) is 99.1 Å². The van der Waals surface area contributed by atoms with Gasteiger partial charge in [0, 0.05) is 13.0 Å². The highest BCUT2D eigenvalue weighted by Crippen LogP contribution is 2.22. The van der Waals surface area contributed by atoms with Gasteiger partial charge < -0.3 is 5.32 Å². The van der Waals surface area contributed by atoms with Crippen molar-refractivity contribution in [1.82, 2.24) is 10.0 Å². The lowest BCUT2D eigenvalue weighted by atomic mass is 10.0. The van der Waals surface area contributed by atoms with Gasteiger partial charge >= 0.3 is 0 Å². The number of hydrogen-bond donors (Lipinski definition) is 2. The predicted octanol–water partition coefficient (Wildman–Crippen LogP) is 2.24. The van der Waals surface area contributed by atoms with E-state index in [1.165, 1.54) is 18.2 Å². The van der Waals surface area contributed by atoms with Crippen LogP contribution in [0.2, 0.25) is 0 Å². The molecule has 0 saturated carbocycles. The number of hydrogen-bond acceptors (Lipinski definition) is 4. The Balaban J connectivity index is 1.89. The average Bonchev–Trinajstić information content (AvgIpc) is 2.87. The molecule has 1 amide bonds. The van der Waals surface area contributed by atoms with E-state index in [0.717, 1.165) is 18.9 Å². The number of nitrogens with one attached hydrogen (secondary N) is 2. The van der Waals surface area contributed by atoms with Gasteiger partial charge in [0.15, 0.2) is 0 Å². The normalized spacial score (nSPS) is 17.4. The van der Waals surface area contributed by atoms with Crippen LogP contribution in [0.5, 0.6) is 0 Å². The molecule has 1 aliphatic rings. The van der Waals surface area contributed by atoms with E-state index < -0.39 is 21.9 Å². The van der Waals surface area contributed by atoms with Crippen molar-refractivity contribution in [2.45, 2.75) is 36.6 Å². The van der Waals surface area contributed by atoms with E-state index in [1.54, 1.807) is 18.2 Å². The molecular weight excluding hydrogens is 381 g/mol. The minimum atomic E-state index is -3.97. The Morgan fingerprint density at radius 2 is 1.96 bits per heavy atom. The summed E-state index contributed by atoms with van der Waals surface area (Å²) in [6, 6.07) is 11.4. The molecule has 1 fully saturated rings. The number of carbonyl (C=O) groups is 1. The molecule has 1 aliphatic heterocycles. The van der Waals surface area contributed by atoms with Crippen molar-refractivity contribution in [3.63, 3.8) is 0 Å². The van der Waals surface area contributed by atoms with Crippen LogP contribution in [0.4, 0.5) is 4.39 Å². The highest BCUT2D eigenvalue weighted by atomic mass is 32.2. The van der Waals surface area contributed by atoms with E-state index in [2.05, 4.69) is 10.0 Å². The van der Waals surface area contributed by atoms with Crippen molar-refractivity contribution in [1.29, 1.82) is 5.26 Å². The van der Waals surface area contributed by atoms with Crippen LogP contribution in [0.3, 0.4) is 0 Å². The molecule has 8 heteroatoms. The van der Waals surface area contributed by atoms with Crippen molar-refractivity contribution in [3.05, 3.63) is 65.0 Å². The monoisotopic (exact) mass is 401 g/mol. The molecule has 0 spiro atoms. The molecule has 2 aromatic carbocycles. The number of carbonyl (C=O) groups excluding carboxylic acids is 1. The standard InChI is InChI=1S/C20H20FN3O3S/c21-17-11-14(13-22)8-9-15(17)12-16-5-1-2-7-19(16)28(26,27)24-18-6-3-4-10-23-20(18)25/h1-2,5,7-9,11,18,24H,3-4,6,10,12H2,(H,23,25). The summed E-state index contributed by atoms with van der Waals surface area (Å²) in [6.45, 7) is 0.533. The molecule has 1 atom stereocenters. The molecule has 28 heavy (non-hydrogen) atoms. The molecule has 0 bridgehead atoms. The number of benzene rings is 2. The maximum Gasteiger partial charge on any atom is 0.241 e. The summed E-state index contributed by atoms with van der Waals surface area (Å²) in [5, 5.41) is 11.6. The van der Waals surface area contributed by atoms with Gasteiger partial charge in [-0.25, -0.2) is 12.8 Å². The molecule has 0 aliphatic carbocycles. The van der Waals surface area contributed by atoms with Gasteiger partial charge in [0.25, 0.3) is 0 Å². The fourth-order valence-corrected chi connectivity index (χ4v) is 4.65. The Morgan fingerprint density at radius 3 is 2.71 bits per heavy atom. The minimum absolute atomic E-state index is 0.0100. The zero-order valence-electron chi connectivity index (χ0n) is 15.1. The van der Waals surface area contributed by atoms with Crippen LogP contribution in [-0.2, 0) is 21.2 Å². The molecule has 6 nitrogen and oxygen atoms in total. The second-order valence-corrected chi connectivity index (χ2v) is 8.35. The first-order valence-corrected chi connectivity index (χ1v) is 10.5. The summed E-state index contributed by atoms with van der Waals surface area (Å²) >= 11 is 0. The lowest BCUT2D eigenvalue weighted by Gasteiger charge is -2.17. The molecule has 2 aromatic rings. The number of nitrogens with zero attached hydrogens (tertiary/aromatic N) is 1. The maximum absolute atomic E-state index is 14.3. The lowest BCUT2D eigenvalue weighted by molar-refractivity contribution is -0.122. The third-order valence-corrected chi connectivity index (χ3v) is 6.23. The minimum Gasteiger partial charge on any atom is -0.355 e. The van der Waals surface area contributed by atoms with E-state index in [1.807, 2.05) is 6.07 Å². The van der Waals surface area contributed by atoms with Crippen LogP contribution in [-0.4, -0.2) is 26.9 Å². The van der Waals surface area contributed by atoms with Crippen molar-refractivity contribution in [3.8, 4) is 6.07 Å². The molecule has 0 radical (unpaired) electrons. The molecule has 1 unspecified atom stereocenters. The van der Waals surface area contributed by atoms with Crippen LogP contribution in [0.25, 0.3) is 0 Å². The summed E-state index contributed by atoms with van der Waals surface area (Å²) in [5.74, 6) is -0.904. The van der Waals surface area contributed by atoms with E-state index in [-0.39, 0.29) is 28.4 Å². The Hall–Kier alpha value is -2.76. The molecule has 146 valence electrons. The number of amides is 1. The van der Waals surface area contributed by atoms with Crippen molar-refractivity contribution >= 4 is 15.9 Å². The van der Waals surface area contributed by atoms with Gasteiger partial charge in [-0.1, -0.05) is 24.3 Å². The highest BCUT2D eigenvalue weighted by molar-refractivity contribution is 7.89. The van der Waals surface area contributed by atoms with Crippen molar-refractivity contribution < 1.29 is 17.6 Å². The summed E-state index contributed by atoms with van der Waals surface area (Å²) in [5.41, 5.74) is 0.893. The summed E-state index contributed by atoms with van der Waals surface area (Å²) in [7, 11) is -3.97. The number of nitriles is 1. The smallest absolute Gasteiger partial charge is 0.241 e. The van der Waals surface area contributed by atoms with E-state index in [0.29, 0.717) is 18.5 Å². The molecule has 1 heterocycles. The first kappa shape index (κ1) is 20.0. The van der Waals surface area contributed by atoms with Gasteiger partial charge in [0.2, 0.25) is 15.9 Å². The van der Waals surface area contributed by atoms with E-state index >= 15 is 0 Å². The number of sulfonamides is 1. The highest BCUT2D eigenvalue weighted by Gasteiger charge is 2.28. The van der Waals surface area contributed by atoms with Crippen LogP contribution in [0.15, 0.2) is 47.4 Å². The third-order valence-electron chi connectivity index (χ3n) is 4.66. The summed E-state index contributed by atoms with van der Waals surface area (Å²) in [4.78, 5) is 12.1. The van der Waals surface area contributed by atoms with Gasteiger partial charge in [-0.3, -0.25) is 4.79 Å². The van der Waals surface area contributed by atoms with Crippen molar-refractivity contribution in [2.75, 3.05) is 6.54 Å². The Kier molecular flexibility index (Phi) is 6.07. The van der Waals surface area contributed by atoms with E-state index in [9.17, 15) is 17.6 Å². The Morgan fingerprint density at radius 1 is 1.18 bits per heavy atom. The zero-order valence-corrected chi connectivity index (χ0v) is 15.9. The third kappa shape index (κ3) is 4.55. The first-order valence-electron chi connectivity index (χ1n) is 8.97. The lowest BCUT2D eigenvalue weighted by Crippen LogP contribution is -2.45. The number of rotatable bonds is 5. The van der Waals surface area contributed by atoms with E-state index in [4.69, 9.17) is 5.26 Å². The summed E-state index contributed by atoms with van der Waals surface area (Å²) < 4.78 is 42.6. The first-order chi connectivity index (χ1) is 13.4. The molecule has 2 N–H and O–H groups in total. The molecule has 3 rings (SSSR count). The maximum atomic E-state index is 14.3. The van der Waals surface area contributed by atoms with Gasteiger partial charge in [0.05, 0.1) is 16.5 Å². The molecular formula is C20H20FN3O3S. The second kappa shape index (κ2) is 8.50. The predicted molar refractivity (Wildman–Crippen MR) is 101 cm³/mol. The van der Waals surface area contributed by atoms with Crippen molar-refractivity contribution in [2.24, 2.45) is 0 Å². The summed E-state index contributed by atoms with van der Waals surface area (Å²) in [6.07, 6.45) is 2.02. The fraction of sp³-hybridized carbons (Fsp3) is 0.300. The zero-order chi connectivity index (χ0) is 20.1. The molecule has 0 aromatic heterocycles. The Bertz CT molecular complexity index is 1030. The Labute approximate surface area is 163 Å². The van der Waals surface area contributed by atoms with Crippen LogP contribution in [0.1, 0.15) is 36.0 Å². The quantitative estimate of drug-likeness (QED) is 0.803. The van der Waals surface area contributed by atoms with Crippen LogP contribution < -0.4 is 10.0 Å². The second-order valence-electron chi connectivity index (χ2n) is 6.66. The fourth-order valence-electron chi connectivity index (χ4n) is 3.18. The van der Waals surface area contributed by atoms with Gasteiger partial charge in [-0.2, -0.15) is 9.98 Å². The number of halogens is 1. The molecule has 1 saturated heterocycles. The van der Waals surface area contributed by atoms with Gasteiger partial charge in [-0.05, 0) is 48.6 Å². The van der Waals surface area contributed by atoms with Crippen LogP contribution in [0, 0.1) is 17.1 Å².